The zero-order valence-corrected chi connectivity index (χ0v) is 17.2. The summed E-state index contributed by atoms with van der Waals surface area (Å²) in [6.07, 6.45) is 3.45. The van der Waals surface area contributed by atoms with Gasteiger partial charge in [0.2, 0.25) is 5.91 Å². The molecule has 0 aromatic heterocycles. The van der Waals surface area contributed by atoms with Crippen molar-refractivity contribution in [3.8, 4) is 11.5 Å². The van der Waals surface area contributed by atoms with E-state index in [2.05, 4.69) is 10.6 Å². The molecule has 29 heavy (non-hydrogen) atoms. The van der Waals surface area contributed by atoms with E-state index in [-0.39, 0.29) is 18.4 Å². The largest absolute Gasteiger partial charge is 0.490 e. The number of carbonyl (C=O) groups is 3. The van der Waals surface area contributed by atoms with Crippen LogP contribution in [0.25, 0.3) is 0 Å². The lowest BCUT2D eigenvalue weighted by atomic mass is 9.73. The Bertz CT molecular complexity index is 797. The van der Waals surface area contributed by atoms with Gasteiger partial charge >= 0.3 is 6.03 Å². The normalized spacial score (nSPS) is 23.8. The van der Waals surface area contributed by atoms with E-state index < -0.39 is 17.5 Å². The number of carbonyl (C=O) groups excluding carboxylic acids is 3. The fourth-order valence-corrected chi connectivity index (χ4v) is 4.11. The van der Waals surface area contributed by atoms with E-state index in [1.54, 1.807) is 18.2 Å². The summed E-state index contributed by atoms with van der Waals surface area (Å²) in [4.78, 5) is 39.0. The molecule has 1 aromatic rings. The minimum atomic E-state index is -0.864. The molecule has 0 bridgehead atoms. The Kier molecular flexibility index (Phi) is 6.30. The van der Waals surface area contributed by atoms with Gasteiger partial charge in [0.15, 0.2) is 11.5 Å². The lowest BCUT2D eigenvalue weighted by molar-refractivity contribution is -0.136. The zero-order valence-electron chi connectivity index (χ0n) is 17.2. The van der Waals surface area contributed by atoms with Crippen molar-refractivity contribution in [1.82, 2.24) is 10.2 Å². The van der Waals surface area contributed by atoms with Gasteiger partial charge in [0.05, 0.1) is 13.2 Å². The first kappa shape index (κ1) is 21.0. The molecule has 2 N–H and O–H groups in total. The summed E-state index contributed by atoms with van der Waals surface area (Å²) in [5, 5.41) is 5.59. The standard InChI is InChI=1S/C21H29N3O5/c1-4-28-16-10-9-15(12-17(16)29-5-2)22-18(25)13-24-19(26)21(23-20(24)27)11-7-6-8-14(21)3/h9-10,12,14H,4-8,11,13H2,1-3H3,(H,22,25)(H,23,27)/t14-,21+/m1/s1. The Labute approximate surface area is 170 Å². The molecular weight excluding hydrogens is 374 g/mol. The molecular formula is C21H29N3O5. The van der Waals surface area contributed by atoms with Gasteiger partial charge in [0.25, 0.3) is 5.91 Å². The van der Waals surface area contributed by atoms with E-state index in [1.807, 2.05) is 20.8 Å². The van der Waals surface area contributed by atoms with E-state index in [1.165, 1.54) is 0 Å². The van der Waals surface area contributed by atoms with Gasteiger partial charge < -0.3 is 20.1 Å². The summed E-state index contributed by atoms with van der Waals surface area (Å²) in [5.41, 5.74) is -0.355. The van der Waals surface area contributed by atoms with Crippen molar-refractivity contribution >= 4 is 23.5 Å². The summed E-state index contributed by atoms with van der Waals surface area (Å²) < 4.78 is 11.1. The topological polar surface area (TPSA) is 97.0 Å². The van der Waals surface area contributed by atoms with Crippen LogP contribution in [0.1, 0.15) is 46.5 Å². The van der Waals surface area contributed by atoms with E-state index in [4.69, 9.17) is 9.47 Å². The third-order valence-electron chi connectivity index (χ3n) is 5.63. The van der Waals surface area contributed by atoms with Crippen LogP contribution >= 0.6 is 0 Å². The first-order valence-corrected chi connectivity index (χ1v) is 10.2. The number of benzene rings is 1. The van der Waals surface area contributed by atoms with Crippen LogP contribution in [0, 0.1) is 5.92 Å². The molecule has 1 aliphatic carbocycles. The third kappa shape index (κ3) is 4.16. The first-order chi connectivity index (χ1) is 13.9. The molecule has 1 spiro atoms. The highest BCUT2D eigenvalue weighted by molar-refractivity contribution is 6.10. The fraction of sp³-hybridized carbons (Fsp3) is 0.571. The summed E-state index contributed by atoms with van der Waals surface area (Å²) in [6.45, 7) is 6.36. The zero-order chi connectivity index (χ0) is 21.0. The third-order valence-corrected chi connectivity index (χ3v) is 5.63. The lowest BCUT2D eigenvalue weighted by Gasteiger charge is -2.36. The highest BCUT2D eigenvalue weighted by Gasteiger charge is 2.55. The fourth-order valence-electron chi connectivity index (χ4n) is 4.11. The number of rotatable bonds is 7. The number of anilines is 1. The number of ether oxygens (including phenoxy) is 2. The Morgan fingerprint density at radius 3 is 2.62 bits per heavy atom. The molecule has 2 fully saturated rings. The van der Waals surface area contributed by atoms with Gasteiger partial charge in [-0.25, -0.2) is 4.79 Å². The number of imide groups is 1. The number of nitrogens with zero attached hydrogens (tertiary/aromatic N) is 1. The molecule has 1 saturated carbocycles. The Morgan fingerprint density at radius 2 is 1.93 bits per heavy atom. The predicted octanol–water partition coefficient (Wildman–Crippen LogP) is 2.92. The number of nitrogens with one attached hydrogen (secondary N) is 2. The van der Waals surface area contributed by atoms with Gasteiger partial charge in [-0.3, -0.25) is 14.5 Å². The minimum absolute atomic E-state index is 0.0561. The van der Waals surface area contributed by atoms with Gasteiger partial charge in [0.1, 0.15) is 12.1 Å². The minimum Gasteiger partial charge on any atom is -0.490 e. The van der Waals surface area contributed by atoms with Crippen LogP contribution in [0.4, 0.5) is 10.5 Å². The van der Waals surface area contributed by atoms with Crippen LogP contribution < -0.4 is 20.1 Å². The van der Waals surface area contributed by atoms with Crippen LogP contribution in [0.2, 0.25) is 0 Å². The van der Waals surface area contributed by atoms with E-state index in [0.717, 1.165) is 24.2 Å². The number of hydrogen-bond donors (Lipinski definition) is 2. The predicted molar refractivity (Wildman–Crippen MR) is 108 cm³/mol. The average molecular weight is 403 g/mol. The summed E-state index contributed by atoms with van der Waals surface area (Å²) in [5.74, 6) is 0.430. The molecule has 0 unspecified atom stereocenters. The molecule has 0 radical (unpaired) electrons. The summed E-state index contributed by atoms with van der Waals surface area (Å²) >= 11 is 0. The molecule has 1 aliphatic heterocycles. The van der Waals surface area contributed by atoms with Gasteiger partial charge in [-0.05, 0) is 44.7 Å². The lowest BCUT2D eigenvalue weighted by Crippen LogP contribution is -2.54. The van der Waals surface area contributed by atoms with Crippen molar-refractivity contribution in [2.45, 2.75) is 52.0 Å². The van der Waals surface area contributed by atoms with Gasteiger partial charge in [0, 0.05) is 11.8 Å². The number of hydrogen-bond acceptors (Lipinski definition) is 5. The van der Waals surface area contributed by atoms with Crippen molar-refractivity contribution in [1.29, 1.82) is 0 Å². The Balaban J connectivity index is 1.68. The monoisotopic (exact) mass is 403 g/mol. The van der Waals surface area contributed by atoms with E-state index in [0.29, 0.717) is 36.8 Å². The van der Waals surface area contributed by atoms with Crippen molar-refractivity contribution in [3.05, 3.63) is 18.2 Å². The van der Waals surface area contributed by atoms with Crippen molar-refractivity contribution in [3.63, 3.8) is 0 Å². The smallest absolute Gasteiger partial charge is 0.325 e. The van der Waals surface area contributed by atoms with Crippen molar-refractivity contribution in [2.75, 3.05) is 25.1 Å². The maximum absolute atomic E-state index is 13.0. The maximum Gasteiger partial charge on any atom is 0.325 e. The highest BCUT2D eigenvalue weighted by atomic mass is 16.5. The molecule has 1 aromatic carbocycles. The Morgan fingerprint density at radius 1 is 1.21 bits per heavy atom. The Hall–Kier alpha value is -2.77. The van der Waals surface area contributed by atoms with Gasteiger partial charge in [-0.1, -0.05) is 19.8 Å². The van der Waals surface area contributed by atoms with Crippen LogP contribution in [0.15, 0.2) is 18.2 Å². The highest BCUT2D eigenvalue weighted by Crippen LogP contribution is 2.38. The molecule has 2 aliphatic rings. The van der Waals surface area contributed by atoms with Crippen LogP contribution in [-0.2, 0) is 9.59 Å². The van der Waals surface area contributed by atoms with Crippen LogP contribution in [0.3, 0.4) is 0 Å². The van der Waals surface area contributed by atoms with Crippen LogP contribution in [0.5, 0.6) is 11.5 Å². The van der Waals surface area contributed by atoms with Gasteiger partial charge in [-0.2, -0.15) is 0 Å². The quantitative estimate of drug-likeness (QED) is 0.683. The second-order valence-electron chi connectivity index (χ2n) is 7.52. The van der Waals surface area contributed by atoms with E-state index in [9.17, 15) is 14.4 Å². The molecule has 4 amide bonds. The van der Waals surface area contributed by atoms with Crippen LogP contribution in [-0.4, -0.2) is 48.0 Å². The molecule has 1 saturated heterocycles. The molecule has 1 heterocycles. The molecule has 8 nitrogen and oxygen atoms in total. The maximum atomic E-state index is 13.0. The average Bonchev–Trinajstić information content (AvgIpc) is 2.91. The van der Waals surface area contributed by atoms with Crippen molar-refractivity contribution < 1.29 is 23.9 Å². The SMILES string of the molecule is CCOc1ccc(NC(=O)CN2C(=O)N[C@]3(CCCC[C@H]3C)C2=O)cc1OCC. The molecule has 158 valence electrons. The summed E-state index contributed by atoms with van der Waals surface area (Å²) in [6, 6.07) is 4.59. The molecule has 8 heteroatoms. The van der Waals surface area contributed by atoms with E-state index >= 15 is 0 Å². The second kappa shape index (κ2) is 8.71. The number of amides is 4. The van der Waals surface area contributed by atoms with Crippen molar-refractivity contribution in [2.24, 2.45) is 5.92 Å². The first-order valence-electron chi connectivity index (χ1n) is 10.2. The van der Waals surface area contributed by atoms with Gasteiger partial charge in [-0.15, -0.1) is 0 Å². The molecule has 3 rings (SSSR count). The number of urea groups is 1. The molecule has 2 atom stereocenters. The summed E-state index contributed by atoms with van der Waals surface area (Å²) in [7, 11) is 0. The second-order valence-corrected chi connectivity index (χ2v) is 7.52.